The molecule has 32 heavy (non-hydrogen) atoms. The minimum atomic E-state index is -0.594. The average Bonchev–Trinajstić information content (AvgIpc) is 3.12. The number of rotatable bonds is 10. The summed E-state index contributed by atoms with van der Waals surface area (Å²) in [5.74, 6) is -0.682. The molecule has 0 saturated heterocycles. The molecule has 2 aromatic heterocycles. The number of aryl methyl sites for hydroxylation is 1. The van der Waals surface area contributed by atoms with Crippen molar-refractivity contribution in [1.82, 2.24) is 14.5 Å². The molecular weight excluding hydrogens is 413 g/mol. The van der Waals surface area contributed by atoms with Crippen molar-refractivity contribution in [3.63, 3.8) is 0 Å². The Hall–Kier alpha value is -3.89. The maximum atomic E-state index is 14.7. The molecule has 3 aromatic rings. The molecule has 1 aromatic carbocycles. The fourth-order valence-corrected chi connectivity index (χ4v) is 3.08. The van der Waals surface area contributed by atoms with Crippen LogP contribution in [0.4, 0.5) is 16.0 Å². The Morgan fingerprint density at radius 1 is 1.41 bits per heavy atom. The molecule has 3 rings (SSSR count). The molecule has 166 valence electrons. The van der Waals surface area contributed by atoms with Crippen molar-refractivity contribution < 1.29 is 19.2 Å². The number of halogens is 1. The number of nitrogens with zero attached hydrogens (tertiary/aromatic N) is 3. The minimum Gasteiger partial charge on any atom is -0.379 e. The topological polar surface area (TPSA) is 122 Å². The molecule has 0 aliphatic carbocycles. The van der Waals surface area contributed by atoms with Crippen LogP contribution in [-0.4, -0.2) is 46.9 Å². The van der Waals surface area contributed by atoms with Gasteiger partial charge >= 0.3 is 0 Å². The maximum Gasteiger partial charge on any atom is 0.247 e. The molecule has 2 heterocycles. The summed E-state index contributed by atoms with van der Waals surface area (Å²) in [5, 5.41) is 15.9. The van der Waals surface area contributed by atoms with Gasteiger partial charge in [0.15, 0.2) is 11.6 Å². The molecule has 1 amide bonds. The van der Waals surface area contributed by atoms with E-state index in [1.54, 1.807) is 36.2 Å². The number of hydrogen-bond donors (Lipinski definition) is 4. The van der Waals surface area contributed by atoms with E-state index in [9.17, 15) is 9.18 Å². The van der Waals surface area contributed by atoms with E-state index >= 15 is 0 Å². The molecule has 0 spiro atoms. The SMILES string of the molecule is C=CC(=O)Nc1ccc2c(c1)c(C)cn2-c1nc(N/C(C=N)=C/[NH2+]CCOC)ncc1F. The number of ether oxygens (including phenoxy) is 1. The Morgan fingerprint density at radius 2 is 2.22 bits per heavy atom. The Kier molecular flexibility index (Phi) is 7.42. The molecule has 0 bridgehead atoms. The van der Waals surface area contributed by atoms with Gasteiger partial charge in [-0.2, -0.15) is 4.98 Å². The lowest BCUT2D eigenvalue weighted by molar-refractivity contribution is -0.590. The quantitative estimate of drug-likeness (QED) is 0.219. The van der Waals surface area contributed by atoms with Crippen molar-refractivity contribution in [3.05, 3.63) is 66.5 Å². The number of carbonyl (C=O) groups excluding carboxylic acids is 1. The summed E-state index contributed by atoms with van der Waals surface area (Å²) in [6.45, 7) is 6.59. The predicted octanol–water partition coefficient (Wildman–Crippen LogP) is 2.11. The maximum absolute atomic E-state index is 14.7. The molecule has 10 heteroatoms. The largest absolute Gasteiger partial charge is 0.379 e. The van der Waals surface area contributed by atoms with E-state index < -0.39 is 5.82 Å². The predicted molar refractivity (Wildman–Crippen MR) is 122 cm³/mol. The molecule has 9 nitrogen and oxygen atoms in total. The van der Waals surface area contributed by atoms with Gasteiger partial charge in [-0.3, -0.25) is 9.36 Å². The molecule has 0 saturated carbocycles. The van der Waals surface area contributed by atoms with Gasteiger partial charge in [0, 0.05) is 30.6 Å². The van der Waals surface area contributed by atoms with E-state index in [1.807, 2.05) is 18.3 Å². The highest BCUT2D eigenvalue weighted by atomic mass is 19.1. The van der Waals surface area contributed by atoms with Gasteiger partial charge in [-0.15, -0.1) is 0 Å². The Labute approximate surface area is 184 Å². The second-order valence-corrected chi connectivity index (χ2v) is 6.88. The number of methoxy groups -OCH3 is 1. The van der Waals surface area contributed by atoms with Crippen molar-refractivity contribution in [2.75, 3.05) is 30.9 Å². The number of benzene rings is 1. The normalized spacial score (nSPS) is 11.4. The number of allylic oxidation sites excluding steroid dienone is 1. The first kappa shape index (κ1) is 22.8. The number of nitrogens with two attached hydrogens (primary N) is 1. The average molecular weight is 438 g/mol. The van der Waals surface area contributed by atoms with Crippen LogP contribution >= 0.6 is 0 Å². The van der Waals surface area contributed by atoms with Crippen molar-refractivity contribution in [1.29, 1.82) is 5.41 Å². The first-order valence-electron chi connectivity index (χ1n) is 9.84. The van der Waals surface area contributed by atoms with E-state index in [4.69, 9.17) is 10.1 Å². The number of hydrogen-bond acceptors (Lipinski definition) is 6. The summed E-state index contributed by atoms with van der Waals surface area (Å²) in [5.41, 5.74) is 2.67. The molecule has 0 radical (unpaired) electrons. The van der Waals surface area contributed by atoms with E-state index in [0.29, 0.717) is 24.5 Å². The van der Waals surface area contributed by atoms with Gasteiger partial charge in [0.1, 0.15) is 18.4 Å². The van der Waals surface area contributed by atoms with Crippen molar-refractivity contribution >= 4 is 34.7 Å². The third-order valence-corrected chi connectivity index (χ3v) is 4.61. The molecule has 0 aliphatic heterocycles. The summed E-state index contributed by atoms with van der Waals surface area (Å²) in [4.78, 5) is 19.9. The van der Waals surface area contributed by atoms with E-state index in [0.717, 1.165) is 28.9 Å². The van der Waals surface area contributed by atoms with Crippen LogP contribution in [0.25, 0.3) is 16.7 Å². The van der Waals surface area contributed by atoms with Gasteiger partial charge < -0.3 is 26.1 Å². The number of quaternary nitrogens is 1. The van der Waals surface area contributed by atoms with Gasteiger partial charge in [-0.25, -0.2) is 9.37 Å². The molecular formula is C22H25FN7O2+. The monoisotopic (exact) mass is 438 g/mol. The summed E-state index contributed by atoms with van der Waals surface area (Å²) >= 11 is 0. The van der Waals surface area contributed by atoms with Crippen LogP contribution in [-0.2, 0) is 9.53 Å². The molecule has 0 unspecified atom stereocenters. The fourth-order valence-electron chi connectivity index (χ4n) is 3.08. The lowest BCUT2D eigenvalue weighted by Crippen LogP contribution is -2.79. The van der Waals surface area contributed by atoms with Gasteiger partial charge in [-0.05, 0) is 36.8 Å². The van der Waals surface area contributed by atoms with Crippen molar-refractivity contribution in [2.45, 2.75) is 6.92 Å². The zero-order chi connectivity index (χ0) is 23.1. The molecule has 0 aliphatic rings. The summed E-state index contributed by atoms with van der Waals surface area (Å²) < 4.78 is 21.3. The van der Waals surface area contributed by atoms with Crippen LogP contribution in [0.15, 0.2) is 55.1 Å². The van der Waals surface area contributed by atoms with Crippen LogP contribution < -0.4 is 16.0 Å². The number of aromatic nitrogens is 3. The third-order valence-electron chi connectivity index (χ3n) is 4.61. The first-order valence-corrected chi connectivity index (χ1v) is 9.84. The zero-order valence-electron chi connectivity index (χ0n) is 17.9. The summed E-state index contributed by atoms with van der Waals surface area (Å²) in [6.07, 6.45) is 6.89. The van der Waals surface area contributed by atoms with Gasteiger partial charge in [-0.1, -0.05) is 6.58 Å². The van der Waals surface area contributed by atoms with Crippen molar-refractivity contribution in [2.24, 2.45) is 0 Å². The van der Waals surface area contributed by atoms with Crippen LogP contribution in [0.1, 0.15) is 5.56 Å². The highest BCUT2D eigenvalue weighted by Crippen LogP contribution is 2.28. The number of fused-ring (bicyclic) bond motifs is 1. The van der Waals surface area contributed by atoms with Crippen LogP contribution in [0.2, 0.25) is 0 Å². The number of nitrogens with one attached hydrogen (secondary N) is 3. The fraction of sp³-hybridized carbons (Fsp3) is 0.182. The zero-order valence-corrected chi connectivity index (χ0v) is 17.9. The van der Waals surface area contributed by atoms with E-state index in [2.05, 4.69) is 27.2 Å². The van der Waals surface area contributed by atoms with Crippen LogP contribution in [0.3, 0.4) is 0 Å². The van der Waals surface area contributed by atoms with Crippen molar-refractivity contribution in [3.8, 4) is 5.82 Å². The minimum absolute atomic E-state index is 0.0659. The number of carbonyl (C=O) groups is 1. The molecule has 5 N–H and O–H groups in total. The van der Waals surface area contributed by atoms with Gasteiger partial charge in [0.05, 0.1) is 18.3 Å². The Bertz CT molecular complexity index is 1190. The summed E-state index contributed by atoms with van der Waals surface area (Å²) in [6, 6.07) is 5.32. The second-order valence-electron chi connectivity index (χ2n) is 6.88. The lowest BCUT2D eigenvalue weighted by atomic mass is 10.2. The second kappa shape index (κ2) is 10.4. The van der Waals surface area contributed by atoms with Crippen LogP contribution in [0, 0.1) is 18.2 Å². The van der Waals surface area contributed by atoms with Crippen LogP contribution in [0.5, 0.6) is 0 Å². The first-order chi connectivity index (χ1) is 15.5. The highest BCUT2D eigenvalue weighted by molar-refractivity contribution is 6.00. The number of anilines is 2. The smallest absolute Gasteiger partial charge is 0.247 e. The van der Waals surface area contributed by atoms with E-state index in [-0.39, 0.29) is 17.7 Å². The van der Waals surface area contributed by atoms with Gasteiger partial charge in [0.2, 0.25) is 11.9 Å². The number of amides is 1. The summed E-state index contributed by atoms with van der Waals surface area (Å²) in [7, 11) is 1.62. The molecule has 0 fully saturated rings. The van der Waals surface area contributed by atoms with E-state index in [1.165, 1.54) is 6.08 Å². The lowest BCUT2D eigenvalue weighted by Gasteiger charge is -2.10. The highest BCUT2D eigenvalue weighted by Gasteiger charge is 2.15. The standard InChI is InChI=1S/C22H24FN7O2/c1-4-20(31)27-15-5-6-19-17(9-15)14(2)13-30(19)21-18(23)12-26-22(29-21)28-16(10-24)11-25-7-8-32-3/h4-6,9-13,24-25H,1,7-8H2,2-3H3,(H,27,31)(H,26,28,29)/p+1/b16-11+,24-10?. The third kappa shape index (κ3) is 5.23. The Morgan fingerprint density at radius 3 is 2.94 bits per heavy atom. The van der Waals surface area contributed by atoms with Gasteiger partial charge in [0.25, 0.3) is 0 Å². The molecule has 0 atom stereocenters. The Balaban J connectivity index is 1.93.